The first-order chi connectivity index (χ1) is 13.8. The molecule has 4 heterocycles. The molecule has 3 aliphatic heterocycles. The maximum absolute atomic E-state index is 13.4. The zero-order chi connectivity index (χ0) is 20.6. The van der Waals surface area contributed by atoms with Crippen LogP contribution in [0.15, 0.2) is 18.3 Å². The summed E-state index contributed by atoms with van der Waals surface area (Å²) in [6, 6.07) is 2.21. The Morgan fingerprint density at radius 3 is 2.59 bits per heavy atom. The molecular formula is C19H25F4N5O. The van der Waals surface area contributed by atoms with Gasteiger partial charge in [-0.2, -0.15) is 13.2 Å². The Labute approximate surface area is 166 Å². The predicted octanol–water partition coefficient (Wildman–Crippen LogP) is 1.52. The van der Waals surface area contributed by atoms with Crippen LogP contribution < -0.4 is 10.2 Å². The van der Waals surface area contributed by atoms with Crippen molar-refractivity contribution in [3.8, 4) is 0 Å². The number of anilines is 1. The van der Waals surface area contributed by atoms with Gasteiger partial charge >= 0.3 is 6.18 Å². The molecule has 0 aromatic carbocycles. The van der Waals surface area contributed by atoms with Gasteiger partial charge < -0.3 is 15.1 Å². The van der Waals surface area contributed by atoms with Gasteiger partial charge in [-0.15, -0.1) is 0 Å². The molecule has 3 saturated heterocycles. The van der Waals surface area contributed by atoms with Gasteiger partial charge in [0.05, 0.1) is 18.2 Å². The van der Waals surface area contributed by atoms with Gasteiger partial charge in [0, 0.05) is 51.5 Å². The van der Waals surface area contributed by atoms with E-state index in [0.717, 1.165) is 6.07 Å². The number of amides is 1. The Balaban J connectivity index is 1.32. The zero-order valence-electron chi connectivity index (χ0n) is 16.0. The topological polar surface area (TPSA) is 51.7 Å². The van der Waals surface area contributed by atoms with Gasteiger partial charge in [0.1, 0.15) is 12.0 Å². The smallest absolute Gasteiger partial charge is 0.354 e. The lowest BCUT2D eigenvalue weighted by Crippen LogP contribution is -2.51. The minimum Gasteiger partial charge on any atom is -0.354 e. The standard InChI is InChI=1S/C19H25F4N5O/c20-13-3-5-28(12-13)18(29)16-10-14(11-25-16)26-6-8-27(9-7-26)17-15(19(21,22)23)2-1-4-24-17/h1-2,4,13-14,16,25H,3,5-12H2/t13-,14-,16-/m0/s1. The molecule has 10 heteroatoms. The largest absolute Gasteiger partial charge is 0.419 e. The summed E-state index contributed by atoms with van der Waals surface area (Å²) in [7, 11) is 0. The molecule has 160 valence electrons. The van der Waals surface area contributed by atoms with E-state index in [1.165, 1.54) is 12.3 Å². The Bertz CT molecular complexity index is 738. The van der Waals surface area contributed by atoms with Crippen LogP contribution >= 0.6 is 0 Å². The van der Waals surface area contributed by atoms with E-state index in [2.05, 4.69) is 15.2 Å². The Morgan fingerprint density at radius 2 is 1.93 bits per heavy atom. The second-order valence-corrected chi connectivity index (χ2v) is 7.92. The van der Waals surface area contributed by atoms with Gasteiger partial charge in [-0.1, -0.05) is 0 Å². The van der Waals surface area contributed by atoms with Crippen molar-refractivity contribution < 1.29 is 22.4 Å². The average molecular weight is 415 g/mol. The minimum absolute atomic E-state index is 0.0212. The fourth-order valence-electron chi connectivity index (χ4n) is 4.49. The van der Waals surface area contributed by atoms with Gasteiger partial charge in [-0.25, -0.2) is 9.37 Å². The van der Waals surface area contributed by atoms with Crippen molar-refractivity contribution in [2.75, 3.05) is 50.7 Å². The first kappa shape index (κ1) is 20.3. The fourth-order valence-corrected chi connectivity index (χ4v) is 4.49. The van der Waals surface area contributed by atoms with Crippen LogP contribution in [-0.2, 0) is 11.0 Å². The van der Waals surface area contributed by atoms with E-state index in [-0.39, 0.29) is 30.4 Å². The number of aromatic nitrogens is 1. The summed E-state index contributed by atoms with van der Waals surface area (Å²) in [5, 5.41) is 3.24. The predicted molar refractivity (Wildman–Crippen MR) is 99.3 cm³/mol. The molecule has 1 aromatic rings. The quantitative estimate of drug-likeness (QED) is 0.759. The van der Waals surface area contributed by atoms with Crippen LogP contribution in [0.2, 0.25) is 0 Å². The maximum atomic E-state index is 13.4. The molecule has 0 saturated carbocycles. The highest BCUT2D eigenvalue weighted by Gasteiger charge is 2.39. The lowest BCUT2D eigenvalue weighted by molar-refractivity contribution is -0.137. The molecule has 1 N–H and O–H groups in total. The van der Waals surface area contributed by atoms with Crippen LogP contribution in [0.4, 0.5) is 23.4 Å². The van der Waals surface area contributed by atoms with Crippen molar-refractivity contribution in [3.05, 3.63) is 23.9 Å². The number of pyridine rings is 1. The van der Waals surface area contributed by atoms with E-state index < -0.39 is 17.9 Å². The SMILES string of the molecule is O=C([C@@H]1C[C@H](N2CCN(c3ncccc3C(F)(F)F)CC2)CN1)N1CC[C@H](F)C1. The molecule has 1 amide bonds. The van der Waals surface area contributed by atoms with Gasteiger partial charge in [-0.3, -0.25) is 9.69 Å². The van der Waals surface area contributed by atoms with E-state index in [1.54, 1.807) is 9.80 Å². The van der Waals surface area contributed by atoms with Crippen molar-refractivity contribution in [2.45, 2.75) is 37.3 Å². The molecule has 0 bridgehead atoms. The van der Waals surface area contributed by atoms with Crippen molar-refractivity contribution in [1.29, 1.82) is 0 Å². The molecule has 1 aromatic heterocycles. The van der Waals surface area contributed by atoms with Gasteiger partial charge in [0.2, 0.25) is 5.91 Å². The van der Waals surface area contributed by atoms with E-state index in [9.17, 15) is 22.4 Å². The number of piperazine rings is 1. The normalized spacial score (nSPS) is 28.9. The molecule has 3 atom stereocenters. The lowest BCUT2D eigenvalue weighted by atomic mass is 10.1. The molecule has 3 aliphatic rings. The van der Waals surface area contributed by atoms with Crippen molar-refractivity contribution in [2.24, 2.45) is 0 Å². The Hall–Kier alpha value is -1.94. The summed E-state index contributed by atoms with van der Waals surface area (Å²) >= 11 is 0. The monoisotopic (exact) mass is 415 g/mol. The highest BCUT2D eigenvalue weighted by Crippen LogP contribution is 2.35. The van der Waals surface area contributed by atoms with Crippen molar-refractivity contribution >= 4 is 11.7 Å². The third-order valence-electron chi connectivity index (χ3n) is 6.07. The molecule has 4 rings (SSSR count). The molecular weight excluding hydrogens is 390 g/mol. The summed E-state index contributed by atoms with van der Waals surface area (Å²) in [6.07, 6.45) is -2.94. The molecule has 29 heavy (non-hydrogen) atoms. The number of nitrogens with zero attached hydrogens (tertiary/aromatic N) is 4. The first-order valence-corrected chi connectivity index (χ1v) is 10.0. The van der Waals surface area contributed by atoms with Crippen LogP contribution in [0.5, 0.6) is 0 Å². The maximum Gasteiger partial charge on any atom is 0.419 e. The van der Waals surface area contributed by atoms with Crippen LogP contribution in [-0.4, -0.2) is 84.8 Å². The third kappa shape index (κ3) is 4.32. The van der Waals surface area contributed by atoms with Crippen LogP contribution in [0, 0.1) is 0 Å². The molecule has 3 fully saturated rings. The zero-order valence-corrected chi connectivity index (χ0v) is 16.0. The van der Waals surface area contributed by atoms with E-state index in [4.69, 9.17) is 0 Å². The Kier molecular flexibility index (Phi) is 5.65. The summed E-state index contributed by atoms with van der Waals surface area (Å²) < 4.78 is 53.1. The first-order valence-electron chi connectivity index (χ1n) is 10.0. The number of alkyl halides is 4. The highest BCUT2D eigenvalue weighted by atomic mass is 19.4. The number of carbonyl (C=O) groups excluding carboxylic acids is 1. The molecule has 0 radical (unpaired) electrons. The average Bonchev–Trinajstić information content (AvgIpc) is 3.36. The molecule has 0 unspecified atom stereocenters. The molecule has 0 aliphatic carbocycles. The van der Waals surface area contributed by atoms with E-state index in [0.29, 0.717) is 52.1 Å². The number of hydrogen-bond acceptors (Lipinski definition) is 5. The highest BCUT2D eigenvalue weighted by molar-refractivity contribution is 5.82. The lowest BCUT2D eigenvalue weighted by Gasteiger charge is -2.39. The van der Waals surface area contributed by atoms with Gasteiger partial charge in [0.15, 0.2) is 0 Å². The number of halogens is 4. The summed E-state index contributed by atoms with van der Waals surface area (Å²) in [5.41, 5.74) is -0.710. The fraction of sp³-hybridized carbons (Fsp3) is 0.684. The molecule has 0 spiro atoms. The molecule has 6 nitrogen and oxygen atoms in total. The van der Waals surface area contributed by atoms with E-state index >= 15 is 0 Å². The van der Waals surface area contributed by atoms with Crippen LogP contribution in [0.25, 0.3) is 0 Å². The second kappa shape index (κ2) is 8.06. The van der Waals surface area contributed by atoms with Crippen molar-refractivity contribution in [3.63, 3.8) is 0 Å². The number of likely N-dealkylation sites (tertiary alicyclic amines) is 1. The van der Waals surface area contributed by atoms with Crippen molar-refractivity contribution in [1.82, 2.24) is 20.1 Å². The van der Waals surface area contributed by atoms with Gasteiger partial charge in [0.25, 0.3) is 0 Å². The summed E-state index contributed by atoms with van der Waals surface area (Å²) in [4.78, 5) is 22.0. The van der Waals surface area contributed by atoms with Crippen LogP contribution in [0.1, 0.15) is 18.4 Å². The number of nitrogens with one attached hydrogen (secondary N) is 1. The number of carbonyl (C=O) groups is 1. The summed E-state index contributed by atoms with van der Waals surface area (Å²) in [6.45, 7) is 3.41. The summed E-state index contributed by atoms with van der Waals surface area (Å²) in [5.74, 6) is -0.0679. The third-order valence-corrected chi connectivity index (χ3v) is 6.07. The minimum atomic E-state index is -4.43. The van der Waals surface area contributed by atoms with Gasteiger partial charge in [-0.05, 0) is 25.0 Å². The van der Waals surface area contributed by atoms with Crippen LogP contribution in [0.3, 0.4) is 0 Å². The number of hydrogen-bond donors (Lipinski definition) is 1. The Morgan fingerprint density at radius 1 is 1.17 bits per heavy atom. The van der Waals surface area contributed by atoms with E-state index in [1.807, 2.05) is 0 Å². The second-order valence-electron chi connectivity index (χ2n) is 7.92. The number of rotatable bonds is 3.